The smallest absolute Gasteiger partial charge is 0.180 e. The number of hydrogen-bond acceptors (Lipinski definition) is 3. The molecule has 0 aliphatic heterocycles. The molecule has 0 unspecified atom stereocenters. The highest BCUT2D eigenvalue weighted by Crippen LogP contribution is 2.36. The molecule has 0 spiro atoms. The van der Waals surface area contributed by atoms with Crippen LogP contribution in [0.4, 0.5) is 0 Å². The number of nitriles is 3. The van der Waals surface area contributed by atoms with Gasteiger partial charge >= 0.3 is 0 Å². The van der Waals surface area contributed by atoms with Crippen molar-refractivity contribution in [2.45, 2.75) is 0 Å². The lowest BCUT2D eigenvalue weighted by Crippen LogP contribution is -2.75. The summed E-state index contributed by atoms with van der Waals surface area (Å²) in [5.41, 5.74) is 5.91. The van der Waals surface area contributed by atoms with Crippen LogP contribution in [0.5, 0.6) is 0 Å². The molecule has 0 amide bonds. The molecule has 1 heterocycles. The van der Waals surface area contributed by atoms with E-state index in [9.17, 15) is 15.8 Å². The molecule has 0 atom stereocenters. The first-order valence-electron chi connectivity index (χ1n) is 16.4. The second kappa shape index (κ2) is 12.6. The van der Waals surface area contributed by atoms with E-state index in [-0.39, 0.29) is 0 Å². The summed E-state index contributed by atoms with van der Waals surface area (Å²) in [4.78, 5) is 0. The maximum absolute atomic E-state index is 11.1. The van der Waals surface area contributed by atoms with Crippen molar-refractivity contribution in [3.8, 4) is 35.0 Å². The van der Waals surface area contributed by atoms with Gasteiger partial charge in [-0.3, -0.25) is 0 Å². The Labute approximate surface area is 291 Å². The average molecular weight is 653 g/mol. The molecule has 7 aromatic carbocycles. The van der Waals surface area contributed by atoms with Crippen molar-refractivity contribution in [1.82, 2.24) is 4.57 Å². The lowest BCUT2D eigenvalue weighted by atomic mass is 9.98. The zero-order valence-electron chi connectivity index (χ0n) is 27.0. The van der Waals surface area contributed by atoms with Gasteiger partial charge in [0, 0.05) is 10.8 Å². The molecule has 0 bridgehead atoms. The van der Waals surface area contributed by atoms with Crippen LogP contribution in [0.3, 0.4) is 0 Å². The molecule has 5 heteroatoms. The third-order valence-corrected chi connectivity index (χ3v) is 14.5. The lowest BCUT2D eigenvalue weighted by molar-refractivity contribution is 1.17. The molecule has 4 nitrogen and oxygen atoms in total. The highest BCUT2D eigenvalue weighted by atomic mass is 28.3. The Morgan fingerprint density at radius 3 is 1.66 bits per heavy atom. The third-order valence-electron chi connectivity index (χ3n) is 9.67. The van der Waals surface area contributed by atoms with Crippen molar-refractivity contribution >= 4 is 50.6 Å². The van der Waals surface area contributed by atoms with Crippen molar-refractivity contribution < 1.29 is 0 Å². The Morgan fingerprint density at radius 1 is 0.460 bits per heavy atom. The van der Waals surface area contributed by atoms with E-state index in [1.165, 1.54) is 15.6 Å². The van der Waals surface area contributed by atoms with Gasteiger partial charge in [0.25, 0.3) is 0 Å². The highest BCUT2D eigenvalue weighted by Gasteiger charge is 2.43. The molecule has 1 aromatic heterocycles. The van der Waals surface area contributed by atoms with Crippen molar-refractivity contribution in [2.24, 2.45) is 0 Å². The minimum absolute atomic E-state index is 0.511. The van der Waals surface area contributed by atoms with E-state index in [1.807, 2.05) is 84.9 Å². The van der Waals surface area contributed by atoms with E-state index in [2.05, 4.69) is 108 Å². The molecule has 232 valence electrons. The van der Waals surface area contributed by atoms with Gasteiger partial charge in [-0.25, -0.2) is 0 Å². The van der Waals surface area contributed by atoms with Gasteiger partial charge in [0.1, 0.15) is 6.07 Å². The normalized spacial score (nSPS) is 11.1. The van der Waals surface area contributed by atoms with Gasteiger partial charge in [0.2, 0.25) is 0 Å². The summed E-state index contributed by atoms with van der Waals surface area (Å²) >= 11 is 0. The molecule has 0 aliphatic carbocycles. The first-order valence-corrected chi connectivity index (χ1v) is 18.4. The van der Waals surface area contributed by atoms with Gasteiger partial charge < -0.3 is 4.57 Å². The third kappa shape index (κ3) is 4.72. The van der Waals surface area contributed by atoms with Gasteiger partial charge in [-0.2, -0.15) is 15.8 Å². The molecule has 0 saturated heterocycles. The fraction of sp³-hybridized carbons (Fsp3) is 0. The Morgan fingerprint density at radius 2 is 1.06 bits per heavy atom. The Hall–Kier alpha value is -6.97. The van der Waals surface area contributed by atoms with Crippen LogP contribution >= 0.6 is 0 Å². The molecular formula is C45H28N4Si. The Bertz CT molecular complexity index is 2580. The molecule has 0 saturated carbocycles. The standard InChI is InChI=1S/C45H28N4Si/c46-29-32-23-26-43-40(27-32)39-19-10-11-21-42(39)49(43)44-28-33(24-25-34(44)30-47)38-20-12-22-45(41(38)31-48)50(35-13-4-1-5-14-35,36-15-6-2-7-16-36)37-17-8-3-9-18-37/h1-28H. The molecule has 0 fully saturated rings. The summed E-state index contributed by atoms with van der Waals surface area (Å²) < 4.78 is 2.10. The molecule has 50 heavy (non-hydrogen) atoms. The van der Waals surface area contributed by atoms with Crippen LogP contribution in [-0.2, 0) is 0 Å². The summed E-state index contributed by atoms with van der Waals surface area (Å²) in [7, 11) is -3.00. The summed E-state index contributed by atoms with van der Waals surface area (Å²) in [6, 6.07) is 64.8. The van der Waals surface area contributed by atoms with Crippen LogP contribution < -0.4 is 20.7 Å². The fourth-order valence-corrected chi connectivity index (χ4v) is 12.5. The Balaban J connectivity index is 1.43. The Kier molecular flexibility index (Phi) is 7.63. The SMILES string of the molecule is N#Cc1ccc2c(c1)c1ccccc1n2-c1cc(-c2cccc([Si](c3ccccc3)(c3ccccc3)c3ccccc3)c2C#N)ccc1C#N. The monoisotopic (exact) mass is 652 g/mol. The number of aromatic nitrogens is 1. The van der Waals surface area contributed by atoms with Crippen molar-refractivity contribution in [2.75, 3.05) is 0 Å². The average Bonchev–Trinajstić information content (AvgIpc) is 3.52. The van der Waals surface area contributed by atoms with Crippen LogP contribution in [-0.4, -0.2) is 12.6 Å². The van der Waals surface area contributed by atoms with Crippen LogP contribution in [0, 0.1) is 34.0 Å². The van der Waals surface area contributed by atoms with Gasteiger partial charge in [-0.05, 0) is 68.3 Å². The van der Waals surface area contributed by atoms with E-state index in [4.69, 9.17) is 0 Å². The quantitative estimate of drug-likeness (QED) is 0.138. The highest BCUT2D eigenvalue weighted by molar-refractivity contribution is 7.20. The summed E-state index contributed by atoms with van der Waals surface area (Å²) in [5, 5.41) is 37.7. The number of benzene rings is 7. The maximum Gasteiger partial charge on any atom is 0.180 e. The molecule has 0 radical (unpaired) electrons. The minimum Gasteiger partial charge on any atom is -0.308 e. The van der Waals surface area contributed by atoms with Gasteiger partial charge in [0.15, 0.2) is 8.07 Å². The van der Waals surface area contributed by atoms with Crippen molar-refractivity contribution in [3.05, 3.63) is 187 Å². The maximum atomic E-state index is 11.1. The van der Waals surface area contributed by atoms with E-state index >= 15 is 0 Å². The van der Waals surface area contributed by atoms with E-state index < -0.39 is 8.07 Å². The van der Waals surface area contributed by atoms with Crippen molar-refractivity contribution in [1.29, 1.82) is 15.8 Å². The topological polar surface area (TPSA) is 76.3 Å². The number of para-hydroxylation sites is 1. The number of fused-ring (bicyclic) bond motifs is 3. The molecule has 0 N–H and O–H groups in total. The molecule has 0 aliphatic rings. The number of hydrogen-bond donors (Lipinski definition) is 0. The number of rotatable bonds is 6. The zero-order chi connectivity index (χ0) is 34.1. The summed E-state index contributed by atoms with van der Waals surface area (Å²) in [5.74, 6) is 0. The predicted octanol–water partition coefficient (Wildman–Crippen LogP) is 7.44. The van der Waals surface area contributed by atoms with Crippen LogP contribution in [0.25, 0.3) is 38.6 Å². The van der Waals surface area contributed by atoms with Crippen LogP contribution in [0.2, 0.25) is 0 Å². The second-order valence-electron chi connectivity index (χ2n) is 12.2. The first-order chi connectivity index (χ1) is 24.7. The van der Waals surface area contributed by atoms with Gasteiger partial charge in [-0.15, -0.1) is 0 Å². The van der Waals surface area contributed by atoms with E-state index in [1.54, 1.807) is 0 Å². The van der Waals surface area contributed by atoms with Gasteiger partial charge in [-0.1, -0.05) is 133 Å². The zero-order valence-corrected chi connectivity index (χ0v) is 28.0. The summed E-state index contributed by atoms with van der Waals surface area (Å²) in [6.07, 6.45) is 0. The van der Waals surface area contributed by atoms with Crippen LogP contribution in [0.15, 0.2) is 170 Å². The minimum atomic E-state index is -3.00. The van der Waals surface area contributed by atoms with Gasteiger partial charge in [0.05, 0.1) is 45.5 Å². The van der Waals surface area contributed by atoms with E-state index in [0.717, 1.165) is 38.1 Å². The molecule has 8 rings (SSSR count). The first kappa shape index (κ1) is 30.4. The fourth-order valence-electron chi connectivity index (χ4n) is 7.54. The molecular weight excluding hydrogens is 625 g/mol. The largest absolute Gasteiger partial charge is 0.308 e. The molecule has 8 aromatic rings. The number of nitrogens with zero attached hydrogens (tertiary/aromatic N) is 4. The lowest BCUT2D eigenvalue weighted by Gasteiger charge is -2.35. The van der Waals surface area contributed by atoms with Crippen molar-refractivity contribution in [3.63, 3.8) is 0 Å². The van der Waals surface area contributed by atoms with E-state index in [0.29, 0.717) is 22.4 Å². The second-order valence-corrected chi connectivity index (χ2v) is 16.0. The predicted molar refractivity (Wildman–Crippen MR) is 204 cm³/mol. The summed E-state index contributed by atoms with van der Waals surface area (Å²) in [6.45, 7) is 0. The van der Waals surface area contributed by atoms with Crippen LogP contribution in [0.1, 0.15) is 16.7 Å².